The van der Waals surface area contributed by atoms with E-state index >= 15 is 0 Å². The van der Waals surface area contributed by atoms with E-state index in [4.69, 9.17) is 4.74 Å². The summed E-state index contributed by atoms with van der Waals surface area (Å²) >= 11 is 0. The monoisotopic (exact) mass is 287 g/mol. The van der Waals surface area contributed by atoms with Gasteiger partial charge in [0.05, 0.1) is 13.7 Å². The Bertz CT molecular complexity index is 651. The highest BCUT2D eigenvalue weighted by molar-refractivity contribution is 5.37. The third kappa shape index (κ3) is 2.48. The Morgan fingerprint density at radius 2 is 2.24 bits per heavy atom. The molecule has 2 aliphatic rings. The van der Waals surface area contributed by atoms with Crippen molar-refractivity contribution in [1.82, 2.24) is 25.1 Å². The normalized spacial score (nSPS) is 26.0. The molecule has 2 aliphatic carbocycles. The minimum atomic E-state index is 0.536. The summed E-state index contributed by atoms with van der Waals surface area (Å²) in [5, 5.41) is 16.3. The summed E-state index contributed by atoms with van der Waals surface area (Å²) in [5.41, 5.74) is 0.752. The molecule has 0 bridgehead atoms. The molecule has 1 N–H and O–H groups in total. The van der Waals surface area contributed by atoms with Gasteiger partial charge in [0.2, 0.25) is 5.88 Å². The SMILES string of the molecule is COc1ccc2nnc(CNC(C)[C@@H]3C[C@H]3C3CC3)n2n1. The van der Waals surface area contributed by atoms with Gasteiger partial charge in [-0.25, -0.2) is 0 Å². The Labute approximate surface area is 123 Å². The van der Waals surface area contributed by atoms with Crippen LogP contribution in [0.3, 0.4) is 0 Å². The largest absolute Gasteiger partial charge is 0.480 e. The average Bonchev–Trinajstić information content (AvgIpc) is 3.39. The van der Waals surface area contributed by atoms with Gasteiger partial charge >= 0.3 is 0 Å². The van der Waals surface area contributed by atoms with Gasteiger partial charge in [-0.3, -0.25) is 0 Å². The van der Waals surface area contributed by atoms with E-state index in [1.165, 1.54) is 19.3 Å². The fourth-order valence-corrected chi connectivity index (χ4v) is 3.32. The van der Waals surface area contributed by atoms with Crippen LogP contribution < -0.4 is 10.1 Å². The van der Waals surface area contributed by atoms with E-state index in [0.717, 1.165) is 29.2 Å². The first-order valence-corrected chi connectivity index (χ1v) is 7.75. The van der Waals surface area contributed by atoms with Crippen molar-refractivity contribution < 1.29 is 4.74 Å². The molecule has 0 spiro atoms. The third-order valence-electron chi connectivity index (χ3n) is 4.86. The molecule has 2 aromatic heterocycles. The van der Waals surface area contributed by atoms with Crippen LogP contribution in [0.5, 0.6) is 5.88 Å². The quantitative estimate of drug-likeness (QED) is 0.875. The van der Waals surface area contributed by atoms with E-state index in [9.17, 15) is 0 Å². The van der Waals surface area contributed by atoms with Crippen LogP contribution in [-0.2, 0) is 6.54 Å². The second-order valence-electron chi connectivity index (χ2n) is 6.33. The van der Waals surface area contributed by atoms with Crippen LogP contribution >= 0.6 is 0 Å². The Kier molecular flexibility index (Phi) is 3.06. The van der Waals surface area contributed by atoms with Crippen LogP contribution in [0.1, 0.15) is 32.0 Å². The van der Waals surface area contributed by atoms with E-state index in [0.29, 0.717) is 18.5 Å². The fourth-order valence-electron chi connectivity index (χ4n) is 3.32. The number of nitrogens with one attached hydrogen (secondary N) is 1. The summed E-state index contributed by atoms with van der Waals surface area (Å²) < 4.78 is 6.91. The molecule has 21 heavy (non-hydrogen) atoms. The van der Waals surface area contributed by atoms with Crippen molar-refractivity contribution in [3.05, 3.63) is 18.0 Å². The molecule has 112 valence electrons. The van der Waals surface area contributed by atoms with Crippen LogP contribution in [0.2, 0.25) is 0 Å². The zero-order valence-electron chi connectivity index (χ0n) is 12.5. The summed E-state index contributed by atoms with van der Waals surface area (Å²) in [7, 11) is 1.61. The molecular weight excluding hydrogens is 266 g/mol. The maximum absolute atomic E-state index is 5.16. The molecule has 2 aromatic rings. The number of hydrogen-bond donors (Lipinski definition) is 1. The lowest BCUT2D eigenvalue weighted by atomic mass is 10.1. The molecular formula is C15H21N5O. The molecule has 0 aromatic carbocycles. The molecule has 3 atom stereocenters. The Hall–Kier alpha value is -1.69. The fraction of sp³-hybridized carbons (Fsp3) is 0.667. The number of nitrogens with zero attached hydrogens (tertiary/aromatic N) is 4. The topological polar surface area (TPSA) is 64.3 Å². The van der Waals surface area contributed by atoms with Gasteiger partial charge in [0, 0.05) is 12.1 Å². The van der Waals surface area contributed by atoms with Crippen molar-refractivity contribution in [3.8, 4) is 5.88 Å². The zero-order chi connectivity index (χ0) is 14.4. The Balaban J connectivity index is 1.42. The maximum atomic E-state index is 5.16. The molecule has 0 saturated heterocycles. The first-order valence-electron chi connectivity index (χ1n) is 7.75. The van der Waals surface area contributed by atoms with Crippen molar-refractivity contribution in [1.29, 1.82) is 0 Å². The molecule has 6 heteroatoms. The molecule has 0 radical (unpaired) electrons. The van der Waals surface area contributed by atoms with Crippen molar-refractivity contribution >= 4 is 5.65 Å². The van der Waals surface area contributed by atoms with Crippen LogP contribution in [0, 0.1) is 17.8 Å². The van der Waals surface area contributed by atoms with Crippen molar-refractivity contribution in [2.24, 2.45) is 17.8 Å². The predicted molar refractivity (Wildman–Crippen MR) is 78.0 cm³/mol. The number of methoxy groups -OCH3 is 1. The standard InChI is InChI=1S/C15H21N5O/c1-9(11-7-12(11)10-3-4-10)16-8-14-18-17-13-5-6-15(21-2)19-20(13)14/h5-6,9-12,16H,3-4,7-8H2,1-2H3/t9?,11-,12-/m0/s1. The lowest BCUT2D eigenvalue weighted by molar-refractivity contribution is 0.388. The van der Waals surface area contributed by atoms with Crippen molar-refractivity contribution in [2.45, 2.75) is 38.8 Å². The van der Waals surface area contributed by atoms with E-state index in [-0.39, 0.29) is 0 Å². The first kappa shape index (κ1) is 13.0. The summed E-state index contributed by atoms with van der Waals surface area (Å²) in [6.07, 6.45) is 4.30. The molecule has 2 heterocycles. The number of fused-ring (bicyclic) bond motifs is 1. The summed E-state index contributed by atoms with van der Waals surface area (Å²) in [6.45, 7) is 2.97. The van der Waals surface area contributed by atoms with E-state index in [2.05, 4.69) is 27.5 Å². The van der Waals surface area contributed by atoms with Crippen LogP contribution in [0.15, 0.2) is 12.1 Å². The lowest BCUT2D eigenvalue weighted by Gasteiger charge is -2.12. The number of aromatic nitrogens is 4. The molecule has 1 unspecified atom stereocenters. The highest BCUT2D eigenvalue weighted by Gasteiger charge is 2.49. The molecule has 0 amide bonds. The average molecular weight is 287 g/mol. The highest BCUT2D eigenvalue weighted by atomic mass is 16.5. The minimum absolute atomic E-state index is 0.536. The summed E-state index contributed by atoms with van der Waals surface area (Å²) in [4.78, 5) is 0. The lowest BCUT2D eigenvalue weighted by Crippen LogP contribution is -2.29. The van der Waals surface area contributed by atoms with Gasteiger partial charge in [0.25, 0.3) is 0 Å². The van der Waals surface area contributed by atoms with Gasteiger partial charge < -0.3 is 10.1 Å². The van der Waals surface area contributed by atoms with Gasteiger partial charge in [0.15, 0.2) is 11.5 Å². The van der Waals surface area contributed by atoms with Gasteiger partial charge in [0.1, 0.15) is 0 Å². The van der Waals surface area contributed by atoms with E-state index < -0.39 is 0 Å². The number of ether oxygens (including phenoxy) is 1. The number of rotatable bonds is 6. The summed E-state index contributed by atoms with van der Waals surface area (Å²) in [5.74, 6) is 4.26. The van der Waals surface area contributed by atoms with Crippen LogP contribution in [-0.4, -0.2) is 33.0 Å². The van der Waals surface area contributed by atoms with E-state index in [1.54, 1.807) is 17.7 Å². The van der Waals surface area contributed by atoms with E-state index in [1.807, 2.05) is 6.07 Å². The van der Waals surface area contributed by atoms with Gasteiger partial charge in [-0.15, -0.1) is 15.3 Å². The molecule has 6 nitrogen and oxygen atoms in total. The van der Waals surface area contributed by atoms with Crippen molar-refractivity contribution in [2.75, 3.05) is 7.11 Å². The minimum Gasteiger partial charge on any atom is -0.480 e. The maximum Gasteiger partial charge on any atom is 0.231 e. The zero-order valence-corrected chi connectivity index (χ0v) is 12.5. The van der Waals surface area contributed by atoms with Gasteiger partial charge in [-0.1, -0.05) is 0 Å². The molecule has 2 fully saturated rings. The molecule has 0 aliphatic heterocycles. The Morgan fingerprint density at radius 3 is 3.00 bits per heavy atom. The Morgan fingerprint density at radius 1 is 1.38 bits per heavy atom. The van der Waals surface area contributed by atoms with Crippen molar-refractivity contribution in [3.63, 3.8) is 0 Å². The smallest absolute Gasteiger partial charge is 0.231 e. The predicted octanol–water partition coefficient (Wildman–Crippen LogP) is 1.66. The number of hydrogen-bond acceptors (Lipinski definition) is 5. The molecule has 4 rings (SSSR count). The highest BCUT2D eigenvalue weighted by Crippen LogP contribution is 2.55. The first-order chi connectivity index (χ1) is 10.3. The summed E-state index contributed by atoms with van der Waals surface area (Å²) in [6, 6.07) is 4.21. The van der Waals surface area contributed by atoms with Gasteiger partial charge in [-0.2, -0.15) is 4.52 Å². The van der Waals surface area contributed by atoms with Crippen LogP contribution in [0.4, 0.5) is 0 Å². The van der Waals surface area contributed by atoms with Gasteiger partial charge in [-0.05, 0) is 50.0 Å². The third-order valence-corrected chi connectivity index (χ3v) is 4.86. The van der Waals surface area contributed by atoms with Crippen LogP contribution in [0.25, 0.3) is 5.65 Å². The second kappa shape index (κ2) is 4.94. The second-order valence-corrected chi connectivity index (χ2v) is 6.33. The molecule has 2 saturated carbocycles.